The van der Waals surface area contributed by atoms with Crippen molar-refractivity contribution in [2.24, 2.45) is 0 Å². The van der Waals surface area contributed by atoms with Crippen LogP contribution in [0.2, 0.25) is 0 Å². The van der Waals surface area contributed by atoms with E-state index in [-0.39, 0.29) is 31.1 Å². The lowest BCUT2D eigenvalue weighted by Gasteiger charge is -2.18. The normalized spacial score (nSPS) is 13.0. The van der Waals surface area contributed by atoms with Gasteiger partial charge in [0, 0.05) is 19.3 Å². The van der Waals surface area contributed by atoms with Crippen molar-refractivity contribution in [1.82, 2.24) is 0 Å². The molecule has 0 amide bonds. The van der Waals surface area contributed by atoms with E-state index in [2.05, 4.69) is 154 Å². The lowest BCUT2D eigenvalue weighted by molar-refractivity contribution is -0.167. The highest BCUT2D eigenvalue weighted by molar-refractivity contribution is 5.71. The average Bonchev–Trinajstić information content (AvgIpc) is 3.46. The first-order chi connectivity index (χ1) is 40.0. The second-order valence-corrected chi connectivity index (χ2v) is 21.9. The number of allylic oxidation sites excluding steroid dienone is 22. The van der Waals surface area contributed by atoms with E-state index in [1.165, 1.54) is 116 Å². The fraction of sp³-hybridized carbons (Fsp3) is 0.667. The first-order valence-electron chi connectivity index (χ1n) is 33.7. The summed E-state index contributed by atoms with van der Waals surface area (Å²) in [6, 6.07) is 0. The molecule has 0 radical (unpaired) electrons. The minimum atomic E-state index is -0.806. The van der Waals surface area contributed by atoms with Gasteiger partial charge < -0.3 is 14.2 Å². The fourth-order valence-corrected chi connectivity index (χ4v) is 9.21. The van der Waals surface area contributed by atoms with Crippen LogP contribution in [0.4, 0.5) is 0 Å². The zero-order valence-electron chi connectivity index (χ0n) is 52.8. The van der Waals surface area contributed by atoms with Crippen LogP contribution in [0.3, 0.4) is 0 Å². The highest BCUT2D eigenvalue weighted by atomic mass is 16.6. The van der Waals surface area contributed by atoms with E-state index < -0.39 is 6.10 Å². The quantitative estimate of drug-likeness (QED) is 0.0261. The molecule has 6 nitrogen and oxygen atoms in total. The number of hydrogen-bond donors (Lipinski definition) is 0. The molecule has 1 atom stereocenters. The number of hydrogen-bond acceptors (Lipinski definition) is 6. The second kappa shape index (κ2) is 68.1. The third kappa shape index (κ3) is 66.2. The third-order valence-electron chi connectivity index (χ3n) is 14.1. The monoisotopic (exact) mass is 1120 g/mol. The van der Waals surface area contributed by atoms with E-state index in [1.54, 1.807) is 0 Å². The number of unbranched alkanes of at least 4 members (excludes halogenated alkanes) is 27. The Morgan fingerprint density at radius 2 is 0.444 bits per heavy atom. The van der Waals surface area contributed by atoms with Crippen molar-refractivity contribution in [3.63, 3.8) is 0 Å². The van der Waals surface area contributed by atoms with Crippen LogP contribution < -0.4 is 0 Å². The Bertz CT molecular complexity index is 1720. The average molecular weight is 1120 g/mol. The van der Waals surface area contributed by atoms with Crippen LogP contribution in [0.5, 0.6) is 0 Å². The van der Waals surface area contributed by atoms with Crippen molar-refractivity contribution in [3.8, 4) is 0 Å². The van der Waals surface area contributed by atoms with E-state index in [4.69, 9.17) is 14.2 Å². The molecule has 460 valence electrons. The molecule has 0 heterocycles. The van der Waals surface area contributed by atoms with Gasteiger partial charge in [-0.05, 0) is 128 Å². The minimum absolute atomic E-state index is 0.0982. The van der Waals surface area contributed by atoms with E-state index >= 15 is 0 Å². The molecule has 0 aliphatic heterocycles. The van der Waals surface area contributed by atoms with E-state index in [9.17, 15) is 14.4 Å². The van der Waals surface area contributed by atoms with Crippen molar-refractivity contribution in [2.45, 2.75) is 309 Å². The summed E-state index contributed by atoms with van der Waals surface area (Å²) in [5.74, 6) is -0.947. The van der Waals surface area contributed by atoms with Crippen LogP contribution in [-0.2, 0) is 28.6 Å². The van der Waals surface area contributed by atoms with E-state index in [1.807, 2.05) is 0 Å². The fourth-order valence-electron chi connectivity index (χ4n) is 9.21. The van der Waals surface area contributed by atoms with Crippen LogP contribution in [0.25, 0.3) is 0 Å². The first-order valence-corrected chi connectivity index (χ1v) is 33.7. The SMILES string of the molecule is CC/C=C\C/C=C\C/C=C\C/C=C\CCCCCCCCCCCCCCCCCCCCCCC(=O)OCC(COC(=O)CCCCC/C=C\C/C=C\C/C=C\CC)OC(=O)CCCCCC/C=C\C/C=C\C/C=C\C/C=C\CC. The smallest absolute Gasteiger partial charge is 0.306 e. The van der Waals surface area contributed by atoms with Crippen LogP contribution in [-0.4, -0.2) is 37.2 Å². The molecule has 0 saturated heterocycles. The Labute approximate surface area is 500 Å². The van der Waals surface area contributed by atoms with Gasteiger partial charge in [0.1, 0.15) is 13.2 Å². The van der Waals surface area contributed by atoms with Gasteiger partial charge >= 0.3 is 17.9 Å². The zero-order chi connectivity index (χ0) is 58.5. The van der Waals surface area contributed by atoms with Gasteiger partial charge in [-0.25, -0.2) is 0 Å². The Kier molecular flexibility index (Phi) is 64.3. The molecule has 0 aromatic heterocycles. The highest BCUT2D eigenvalue weighted by Gasteiger charge is 2.19. The van der Waals surface area contributed by atoms with E-state index in [0.717, 1.165) is 148 Å². The van der Waals surface area contributed by atoms with Crippen LogP contribution >= 0.6 is 0 Å². The van der Waals surface area contributed by atoms with Gasteiger partial charge in [-0.15, -0.1) is 0 Å². The lowest BCUT2D eigenvalue weighted by atomic mass is 10.0. The number of ether oxygens (including phenoxy) is 3. The summed E-state index contributed by atoms with van der Waals surface area (Å²) >= 11 is 0. The van der Waals surface area contributed by atoms with Gasteiger partial charge in [-0.2, -0.15) is 0 Å². The number of carbonyl (C=O) groups excluding carboxylic acids is 3. The number of rotatable bonds is 60. The van der Waals surface area contributed by atoms with Crippen molar-refractivity contribution in [3.05, 3.63) is 134 Å². The number of esters is 3. The highest BCUT2D eigenvalue weighted by Crippen LogP contribution is 2.17. The van der Waals surface area contributed by atoms with Gasteiger partial charge in [0.05, 0.1) is 0 Å². The maximum absolute atomic E-state index is 12.9. The molecule has 0 aliphatic carbocycles. The van der Waals surface area contributed by atoms with Gasteiger partial charge in [-0.3, -0.25) is 14.4 Å². The number of carbonyl (C=O) groups is 3. The van der Waals surface area contributed by atoms with Crippen LogP contribution in [0, 0.1) is 0 Å². The van der Waals surface area contributed by atoms with Crippen LogP contribution in [0.1, 0.15) is 303 Å². The minimum Gasteiger partial charge on any atom is -0.462 e. The molecule has 0 aliphatic rings. The van der Waals surface area contributed by atoms with Crippen molar-refractivity contribution in [2.75, 3.05) is 13.2 Å². The molecule has 0 aromatic carbocycles. The summed E-state index contributed by atoms with van der Waals surface area (Å²) in [6.07, 6.45) is 96.3. The van der Waals surface area contributed by atoms with E-state index in [0.29, 0.717) is 19.3 Å². The molecule has 0 saturated carbocycles. The largest absolute Gasteiger partial charge is 0.462 e. The lowest BCUT2D eigenvalue weighted by Crippen LogP contribution is -2.30. The molecular formula is C75H124O6. The molecule has 0 fully saturated rings. The van der Waals surface area contributed by atoms with Gasteiger partial charge in [0.15, 0.2) is 6.10 Å². The summed E-state index contributed by atoms with van der Waals surface area (Å²) in [6.45, 7) is 6.27. The topological polar surface area (TPSA) is 78.9 Å². The standard InChI is InChI=1S/C75H124O6/c1-4-7-10-13-16-19-22-25-27-29-30-31-32-33-34-35-36-37-38-39-40-41-42-43-44-46-47-50-53-56-59-62-65-68-74(77)80-71-72(70-79-73(76)67-64-61-58-55-52-49-24-21-18-15-12-9-6-3)81-75(78)69-66-63-60-57-54-51-48-45-28-26-23-20-17-14-11-8-5-2/h7-12,16-21,25-28,30-31,48-49,51-52,72H,4-6,13-15,22-24,29,32-47,50,53-71H2,1-3H3/b10-7-,11-8-,12-9-,19-16-,20-17-,21-18-,27-25-,28-26-,31-30-,51-48-,52-49-. The maximum atomic E-state index is 12.9. The predicted octanol–water partition coefficient (Wildman–Crippen LogP) is 23.3. The molecule has 0 bridgehead atoms. The molecule has 0 N–H and O–H groups in total. The molecular weight excluding hydrogens is 997 g/mol. The van der Waals surface area contributed by atoms with Gasteiger partial charge in [0.25, 0.3) is 0 Å². The van der Waals surface area contributed by atoms with Gasteiger partial charge in [-0.1, -0.05) is 289 Å². The molecule has 0 aromatic rings. The second-order valence-electron chi connectivity index (χ2n) is 21.9. The predicted molar refractivity (Wildman–Crippen MR) is 353 cm³/mol. The van der Waals surface area contributed by atoms with Gasteiger partial charge in [0.2, 0.25) is 0 Å². The molecule has 0 rings (SSSR count). The maximum Gasteiger partial charge on any atom is 0.306 e. The Hall–Kier alpha value is -4.45. The third-order valence-corrected chi connectivity index (χ3v) is 14.1. The molecule has 1 unspecified atom stereocenters. The first kappa shape index (κ1) is 76.5. The summed E-state index contributed by atoms with van der Waals surface area (Å²) in [5.41, 5.74) is 0. The Balaban J connectivity index is 4.20. The summed E-state index contributed by atoms with van der Waals surface area (Å²) < 4.78 is 16.9. The zero-order valence-corrected chi connectivity index (χ0v) is 52.8. The molecule has 81 heavy (non-hydrogen) atoms. The van der Waals surface area contributed by atoms with Crippen molar-refractivity contribution < 1.29 is 28.6 Å². The summed E-state index contributed by atoms with van der Waals surface area (Å²) in [5, 5.41) is 0. The molecule has 0 spiro atoms. The summed E-state index contributed by atoms with van der Waals surface area (Å²) in [7, 11) is 0. The Morgan fingerprint density at radius 3 is 0.704 bits per heavy atom. The molecule has 6 heteroatoms. The summed E-state index contributed by atoms with van der Waals surface area (Å²) in [4.78, 5) is 38.3. The van der Waals surface area contributed by atoms with Crippen LogP contribution in [0.15, 0.2) is 134 Å². The van der Waals surface area contributed by atoms with Crippen molar-refractivity contribution in [1.29, 1.82) is 0 Å². The Morgan fingerprint density at radius 1 is 0.247 bits per heavy atom. The van der Waals surface area contributed by atoms with Crippen molar-refractivity contribution >= 4 is 17.9 Å².